The number of carbonyl (C=O) groups excluding carboxylic acids is 1. The molecule has 194 valence electrons. The van der Waals surface area contributed by atoms with Gasteiger partial charge >= 0.3 is 6.09 Å². The number of carbonyl (C=O) groups is 1. The molecule has 38 heavy (non-hydrogen) atoms. The van der Waals surface area contributed by atoms with Crippen LogP contribution in [0.4, 0.5) is 10.5 Å². The number of benzene rings is 2. The Hall–Kier alpha value is -4.31. The SMILES string of the molecule is CCc1cc(-c2nc3c(C)cc(OCCOC(=O)Nc4ccc(C)nc4)cc3s2)c2ncc(OC)nc2c1. The second-order valence-electron chi connectivity index (χ2n) is 8.68. The number of nitrogens with one attached hydrogen (secondary N) is 1. The van der Waals surface area contributed by atoms with E-state index >= 15 is 0 Å². The zero-order valence-corrected chi connectivity index (χ0v) is 22.4. The summed E-state index contributed by atoms with van der Waals surface area (Å²) in [7, 11) is 1.58. The Morgan fingerprint density at radius 1 is 1.00 bits per heavy atom. The molecule has 2 aromatic carbocycles. The highest BCUT2D eigenvalue weighted by Crippen LogP contribution is 2.37. The van der Waals surface area contributed by atoms with Gasteiger partial charge in [-0.25, -0.2) is 19.7 Å². The van der Waals surface area contributed by atoms with E-state index < -0.39 is 6.09 Å². The molecule has 0 saturated carbocycles. The van der Waals surface area contributed by atoms with E-state index in [-0.39, 0.29) is 13.2 Å². The highest BCUT2D eigenvalue weighted by atomic mass is 32.1. The maximum Gasteiger partial charge on any atom is 0.411 e. The van der Waals surface area contributed by atoms with Crippen molar-refractivity contribution in [1.82, 2.24) is 19.9 Å². The Morgan fingerprint density at radius 2 is 1.87 bits per heavy atom. The van der Waals surface area contributed by atoms with Crippen LogP contribution in [0.1, 0.15) is 23.7 Å². The number of anilines is 1. The van der Waals surface area contributed by atoms with Gasteiger partial charge in [-0.3, -0.25) is 10.3 Å². The first-order chi connectivity index (χ1) is 18.4. The van der Waals surface area contributed by atoms with E-state index in [0.717, 1.165) is 55.1 Å². The van der Waals surface area contributed by atoms with Crippen molar-refractivity contribution >= 4 is 44.4 Å². The van der Waals surface area contributed by atoms with Crippen molar-refractivity contribution in [3.63, 3.8) is 0 Å². The molecular formula is C28H27N5O4S. The number of thiazole rings is 1. The standard InChI is InChI=1S/C28H27N5O4S/c1-5-18-11-21(26-22(12-18)32-24(35-4)15-30-26)27-33-25-16(2)10-20(13-23(25)38-27)36-8-9-37-28(34)31-19-7-6-17(3)29-14-19/h6-7,10-15H,5,8-9H2,1-4H3,(H,31,34). The summed E-state index contributed by atoms with van der Waals surface area (Å²) in [4.78, 5) is 30.3. The Morgan fingerprint density at radius 3 is 2.63 bits per heavy atom. The summed E-state index contributed by atoms with van der Waals surface area (Å²) in [6, 6.07) is 11.7. The quantitative estimate of drug-likeness (QED) is 0.240. The van der Waals surface area contributed by atoms with Crippen molar-refractivity contribution in [3.05, 3.63) is 65.6 Å². The molecule has 0 radical (unpaired) electrons. The third-order valence-corrected chi connectivity index (χ3v) is 6.97. The third kappa shape index (κ3) is 5.50. The van der Waals surface area contributed by atoms with E-state index in [9.17, 15) is 4.79 Å². The lowest BCUT2D eigenvalue weighted by molar-refractivity contribution is 0.138. The minimum absolute atomic E-state index is 0.105. The van der Waals surface area contributed by atoms with Crippen molar-refractivity contribution in [2.45, 2.75) is 27.2 Å². The van der Waals surface area contributed by atoms with Gasteiger partial charge in [0.1, 0.15) is 24.0 Å². The van der Waals surface area contributed by atoms with Crippen molar-refractivity contribution in [1.29, 1.82) is 0 Å². The van der Waals surface area contributed by atoms with Crippen molar-refractivity contribution < 1.29 is 19.0 Å². The van der Waals surface area contributed by atoms with E-state index in [4.69, 9.17) is 19.2 Å². The molecule has 0 spiro atoms. The fourth-order valence-corrected chi connectivity index (χ4v) is 5.07. The third-order valence-electron chi connectivity index (χ3n) is 5.93. The van der Waals surface area contributed by atoms with Gasteiger partial charge in [0.2, 0.25) is 5.88 Å². The predicted molar refractivity (Wildman–Crippen MR) is 148 cm³/mol. The summed E-state index contributed by atoms with van der Waals surface area (Å²) >= 11 is 1.58. The number of rotatable bonds is 8. The molecule has 0 aliphatic heterocycles. The lowest BCUT2D eigenvalue weighted by atomic mass is 10.1. The summed E-state index contributed by atoms with van der Waals surface area (Å²) in [6.07, 6.45) is 3.52. The summed E-state index contributed by atoms with van der Waals surface area (Å²) in [5.41, 5.74) is 7.01. The second kappa shape index (κ2) is 11.0. The van der Waals surface area contributed by atoms with E-state index in [2.05, 4.69) is 33.3 Å². The number of nitrogens with zero attached hydrogens (tertiary/aromatic N) is 4. The van der Waals surface area contributed by atoms with Crippen LogP contribution in [0.5, 0.6) is 11.6 Å². The van der Waals surface area contributed by atoms with E-state index in [1.54, 1.807) is 36.9 Å². The Kier molecular flexibility index (Phi) is 7.32. The lowest BCUT2D eigenvalue weighted by Gasteiger charge is -2.09. The fourth-order valence-electron chi connectivity index (χ4n) is 3.98. The van der Waals surface area contributed by atoms with Gasteiger partial charge in [0, 0.05) is 11.3 Å². The van der Waals surface area contributed by atoms with Crippen molar-refractivity contribution in [3.8, 4) is 22.2 Å². The Bertz CT molecular complexity index is 1610. The Labute approximate surface area is 223 Å². The van der Waals surface area contributed by atoms with Crippen LogP contribution >= 0.6 is 11.3 Å². The number of hydrogen-bond acceptors (Lipinski definition) is 9. The van der Waals surface area contributed by atoms with Crippen LogP contribution in [-0.2, 0) is 11.2 Å². The molecule has 0 aliphatic carbocycles. The van der Waals surface area contributed by atoms with Crippen molar-refractivity contribution in [2.75, 3.05) is 25.6 Å². The van der Waals surface area contributed by atoms with Gasteiger partial charge in [0.05, 0.1) is 46.4 Å². The molecule has 5 rings (SSSR count). The number of aryl methyl sites for hydroxylation is 3. The highest BCUT2D eigenvalue weighted by molar-refractivity contribution is 7.21. The summed E-state index contributed by atoms with van der Waals surface area (Å²) < 4.78 is 17.4. The van der Waals surface area contributed by atoms with Gasteiger partial charge in [-0.1, -0.05) is 6.92 Å². The molecule has 0 saturated heterocycles. The molecular weight excluding hydrogens is 502 g/mol. The predicted octanol–water partition coefficient (Wildman–Crippen LogP) is 6.12. The summed E-state index contributed by atoms with van der Waals surface area (Å²) in [5.74, 6) is 1.17. The van der Waals surface area contributed by atoms with Gasteiger partial charge in [-0.05, 0) is 67.8 Å². The number of amides is 1. The van der Waals surface area contributed by atoms with Crippen molar-refractivity contribution in [2.24, 2.45) is 0 Å². The van der Waals surface area contributed by atoms with Crippen LogP contribution in [-0.4, -0.2) is 46.4 Å². The van der Waals surface area contributed by atoms with Gasteiger partial charge in [0.25, 0.3) is 0 Å². The van der Waals surface area contributed by atoms with Crippen LogP contribution in [0.15, 0.2) is 48.8 Å². The van der Waals surface area contributed by atoms with Gasteiger partial charge in [0.15, 0.2) is 0 Å². The van der Waals surface area contributed by atoms with E-state index in [1.165, 1.54) is 0 Å². The molecule has 0 fully saturated rings. The van der Waals surface area contributed by atoms with Gasteiger partial charge in [-0.2, -0.15) is 0 Å². The molecule has 3 heterocycles. The normalized spacial score (nSPS) is 11.1. The lowest BCUT2D eigenvalue weighted by Crippen LogP contribution is -2.17. The smallest absolute Gasteiger partial charge is 0.411 e. The monoisotopic (exact) mass is 529 g/mol. The number of pyridine rings is 1. The average molecular weight is 530 g/mol. The summed E-state index contributed by atoms with van der Waals surface area (Å²) in [5, 5.41) is 3.51. The number of hydrogen-bond donors (Lipinski definition) is 1. The molecule has 10 heteroatoms. The van der Waals surface area contributed by atoms with Crippen LogP contribution < -0.4 is 14.8 Å². The first-order valence-electron chi connectivity index (χ1n) is 12.2. The Balaban J connectivity index is 1.31. The van der Waals surface area contributed by atoms with Gasteiger partial charge in [-0.15, -0.1) is 11.3 Å². The highest BCUT2D eigenvalue weighted by Gasteiger charge is 2.16. The fraction of sp³-hybridized carbons (Fsp3) is 0.250. The molecule has 0 aliphatic rings. The molecule has 9 nitrogen and oxygen atoms in total. The van der Waals surface area contributed by atoms with E-state index in [0.29, 0.717) is 17.3 Å². The average Bonchev–Trinajstić information content (AvgIpc) is 3.36. The van der Waals surface area contributed by atoms with Gasteiger partial charge < -0.3 is 14.2 Å². The maximum atomic E-state index is 12.0. The zero-order valence-electron chi connectivity index (χ0n) is 21.6. The van der Waals surface area contributed by atoms with E-state index in [1.807, 2.05) is 38.1 Å². The molecule has 0 unspecified atom stereocenters. The molecule has 5 aromatic rings. The number of ether oxygens (including phenoxy) is 3. The second-order valence-corrected chi connectivity index (χ2v) is 9.71. The minimum Gasteiger partial charge on any atom is -0.490 e. The van der Waals surface area contributed by atoms with Crippen LogP contribution in [0.25, 0.3) is 31.8 Å². The molecule has 1 amide bonds. The van der Waals surface area contributed by atoms with Crippen LogP contribution in [0, 0.1) is 13.8 Å². The topological polar surface area (TPSA) is 108 Å². The van der Waals surface area contributed by atoms with Crippen LogP contribution in [0.3, 0.4) is 0 Å². The zero-order chi connectivity index (χ0) is 26.6. The molecule has 1 N–H and O–H groups in total. The molecule has 0 atom stereocenters. The first-order valence-corrected chi connectivity index (χ1v) is 13.0. The molecule has 0 bridgehead atoms. The minimum atomic E-state index is -0.555. The summed E-state index contributed by atoms with van der Waals surface area (Å²) in [6.45, 7) is 6.32. The largest absolute Gasteiger partial charge is 0.490 e. The van der Waals surface area contributed by atoms with Crippen LogP contribution in [0.2, 0.25) is 0 Å². The molecule has 3 aromatic heterocycles. The maximum absolute atomic E-state index is 12.0. The number of aromatic nitrogens is 4. The number of fused-ring (bicyclic) bond motifs is 2. The first kappa shape index (κ1) is 25.3. The number of methoxy groups -OCH3 is 1.